The lowest BCUT2D eigenvalue weighted by atomic mass is 10.4. The Morgan fingerprint density at radius 2 is 1.81 bits per heavy atom. The van der Waals surface area contributed by atoms with Crippen LogP contribution in [-0.2, 0) is 13.1 Å². The topological polar surface area (TPSA) is 76.5 Å². The molecular weight excluding hydrogens is 284 g/mol. The maximum Gasteiger partial charge on any atom is 0.188 e. The number of nitrogens with one attached hydrogen (secondary N) is 1. The minimum atomic E-state index is 0.667. The van der Waals surface area contributed by atoms with Crippen molar-refractivity contribution in [2.24, 2.45) is 0 Å². The molecule has 1 N–H and O–H groups in total. The van der Waals surface area contributed by atoms with Gasteiger partial charge in [0, 0.05) is 37.1 Å². The first-order chi connectivity index (χ1) is 10.3. The van der Waals surface area contributed by atoms with Crippen LogP contribution in [0.25, 0.3) is 10.8 Å². The Balaban J connectivity index is 1.58. The van der Waals surface area contributed by atoms with E-state index < -0.39 is 0 Å². The van der Waals surface area contributed by atoms with Crippen molar-refractivity contribution in [3.63, 3.8) is 0 Å². The molecule has 3 heterocycles. The Morgan fingerprint density at radius 3 is 2.62 bits per heavy atom. The van der Waals surface area contributed by atoms with Crippen molar-refractivity contribution in [3.05, 3.63) is 53.3 Å². The molecule has 0 radical (unpaired) electrons. The summed E-state index contributed by atoms with van der Waals surface area (Å²) in [6.07, 6.45) is 5.21. The van der Waals surface area contributed by atoms with Crippen LogP contribution in [0.2, 0.25) is 0 Å². The first kappa shape index (κ1) is 13.7. The minimum Gasteiger partial charge on any atom is -0.305 e. The van der Waals surface area contributed by atoms with E-state index in [1.54, 1.807) is 36.0 Å². The first-order valence-corrected chi connectivity index (χ1v) is 7.40. The highest BCUT2D eigenvalue weighted by Crippen LogP contribution is 2.19. The second kappa shape index (κ2) is 6.47. The number of aromatic nitrogens is 5. The van der Waals surface area contributed by atoms with Crippen LogP contribution in [0, 0.1) is 6.92 Å². The molecule has 3 aromatic rings. The number of nitrogens with zero attached hydrogens (tertiary/aromatic N) is 5. The van der Waals surface area contributed by atoms with E-state index in [1.807, 2.05) is 18.4 Å². The maximum atomic E-state index is 4.53. The molecule has 6 nitrogen and oxygen atoms in total. The summed E-state index contributed by atoms with van der Waals surface area (Å²) < 4.78 is 0. The predicted molar refractivity (Wildman–Crippen MR) is 80.5 cm³/mol. The summed E-state index contributed by atoms with van der Waals surface area (Å²) in [5, 5.41) is 6.18. The van der Waals surface area contributed by atoms with E-state index in [0.717, 1.165) is 22.2 Å². The molecule has 3 rings (SSSR count). The molecule has 0 fully saturated rings. The highest BCUT2D eigenvalue weighted by molar-refractivity contribution is 7.13. The number of thiazole rings is 1. The van der Waals surface area contributed by atoms with Gasteiger partial charge in [0.05, 0.1) is 11.4 Å². The van der Waals surface area contributed by atoms with Gasteiger partial charge >= 0.3 is 0 Å². The fraction of sp³-hybridized carbons (Fsp3) is 0.214. The van der Waals surface area contributed by atoms with Crippen LogP contribution in [0.1, 0.15) is 17.2 Å². The molecule has 0 saturated heterocycles. The average Bonchev–Trinajstić information content (AvgIpc) is 2.97. The van der Waals surface area contributed by atoms with Gasteiger partial charge in [0.1, 0.15) is 5.82 Å². The zero-order valence-corrected chi connectivity index (χ0v) is 12.3. The molecule has 0 aliphatic rings. The molecule has 0 saturated carbocycles. The molecular formula is C14H14N6S. The summed E-state index contributed by atoms with van der Waals surface area (Å²) in [6.45, 7) is 3.26. The van der Waals surface area contributed by atoms with E-state index in [1.165, 1.54) is 0 Å². The lowest BCUT2D eigenvalue weighted by Gasteiger charge is -2.02. The van der Waals surface area contributed by atoms with Crippen molar-refractivity contribution in [1.82, 2.24) is 30.2 Å². The minimum absolute atomic E-state index is 0.667. The van der Waals surface area contributed by atoms with Gasteiger partial charge in [-0.3, -0.25) is 0 Å². The van der Waals surface area contributed by atoms with Crippen LogP contribution in [0.3, 0.4) is 0 Å². The Hall–Kier alpha value is -2.25. The Bertz CT molecular complexity index is 712. The predicted octanol–water partition coefficient (Wildman–Crippen LogP) is 1.99. The van der Waals surface area contributed by atoms with Crippen molar-refractivity contribution < 1.29 is 0 Å². The van der Waals surface area contributed by atoms with Gasteiger partial charge in [-0.15, -0.1) is 11.3 Å². The fourth-order valence-electron chi connectivity index (χ4n) is 1.82. The molecule has 0 amide bonds. The third-order valence-electron chi connectivity index (χ3n) is 2.75. The van der Waals surface area contributed by atoms with Gasteiger partial charge in [0.2, 0.25) is 0 Å². The fourth-order valence-corrected chi connectivity index (χ4v) is 2.59. The van der Waals surface area contributed by atoms with Crippen molar-refractivity contribution >= 4 is 11.3 Å². The van der Waals surface area contributed by atoms with Gasteiger partial charge < -0.3 is 5.32 Å². The quantitative estimate of drug-likeness (QED) is 0.776. The molecule has 0 aliphatic heterocycles. The van der Waals surface area contributed by atoms with E-state index in [0.29, 0.717) is 18.9 Å². The molecule has 0 bridgehead atoms. The smallest absolute Gasteiger partial charge is 0.188 e. The van der Waals surface area contributed by atoms with Gasteiger partial charge in [-0.2, -0.15) is 0 Å². The van der Waals surface area contributed by atoms with Gasteiger partial charge in [-0.05, 0) is 19.1 Å². The van der Waals surface area contributed by atoms with E-state index in [-0.39, 0.29) is 0 Å². The Kier molecular flexibility index (Phi) is 4.23. The van der Waals surface area contributed by atoms with Gasteiger partial charge in [0.25, 0.3) is 0 Å². The summed E-state index contributed by atoms with van der Waals surface area (Å²) in [5.41, 5.74) is 1.96. The summed E-state index contributed by atoms with van der Waals surface area (Å²) in [7, 11) is 0. The van der Waals surface area contributed by atoms with Crippen LogP contribution in [0.5, 0.6) is 0 Å². The van der Waals surface area contributed by atoms with Gasteiger partial charge in [0.15, 0.2) is 10.8 Å². The van der Waals surface area contributed by atoms with Gasteiger partial charge in [-0.25, -0.2) is 24.9 Å². The second-order valence-corrected chi connectivity index (χ2v) is 5.27. The summed E-state index contributed by atoms with van der Waals surface area (Å²) >= 11 is 1.55. The average molecular weight is 298 g/mol. The summed E-state index contributed by atoms with van der Waals surface area (Å²) in [5.74, 6) is 1.45. The highest BCUT2D eigenvalue weighted by atomic mass is 32.1. The number of rotatable bonds is 5. The van der Waals surface area contributed by atoms with E-state index in [4.69, 9.17) is 0 Å². The van der Waals surface area contributed by atoms with Crippen LogP contribution in [-0.4, -0.2) is 24.9 Å². The lowest BCUT2D eigenvalue weighted by molar-refractivity contribution is 0.666. The van der Waals surface area contributed by atoms with E-state index >= 15 is 0 Å². The summed E-state index contributed by atoms with van der Waals surface area (Å²) in [6, 6.07) is 3.70. The maximum absolute atomic E-state index is 4.53. The molecule has 0 unspecified atom stereocenters. The zero-order chi connectivity index (χ0) is 14.5. The third kappa shape index (κ3) is 3.65. The van der Waals surface area contributed by atoms with E-state index in [9.17, 15) is 0 Å². The zero-order valence-electron chi connectivity index (χ0n) is 11.5. The molecule has 106 valence electrons. The van der Waals surface area contributed by atoms with Crippen LogP contribution < -0.4 is 5.32 Å². The van der Waals surface area contributed by atoms with Crippen LogP contribution in [0.15, 0.2) is 36.1 Å². The third-order valence-corrected chi connectivity index (χ3v) is 3.64. The van der Waals surface area contributed by atoms with Crippen molar-refractivity contribution in [1.29, 1.82) is 0 Å². The molecule has 7 heteroatoms. The second-order valence-electron chi connectivity index (χ2n) is 4.42. The molecule has 0 atom stereocenters. The number of aryl methyl sites for hydroxylation is 1. The lowest BCUT2D eigenvalue weighted by Crippen LogP contribution is -2.14. The number of hydrogen-bond acceptors (Lipinski definition) is 7. The van der Waals surface area contributed by atoms with E-state index in [2.05, 4.69) is 30.2 Å². The van der Waals surface area contributed by atoms with Crippen molar-refractivity contribution in [3.8, 4) is 10.8 Å². The highest BCUT2D eigenvalue weighted by Gasteiger charge is 2.06. The normalized spacial score (nSPS) is 10.7. The molecule has 21 heavy (non-hydrogen) atoms. The monoisotopic (exact) mass is 298 g/mol. The first-order valence-electron chi connectivity index (χ1n) is 6.52. The SMILES string of the molecule is Cc1nccc(CNCc2csc(-c3ncccn3)n2)n1. The standard InChI is InChI=1S/C14H14N6S/c1-10-16-6-3-11(19-10)7-15-8-12-9-21-14(20-12)13-17-4-2-5-18-13/h2-6,9,15H,7-8H2,1H3. The Labute approximate surface area is 126 Å². The molecule has 0 aromatic carbocycles. The van der Waals surface area contributed by atoms with Crippen molar-refractivity contribution in [2.75, 3.05) is 0 Å². The summed E-state index contributed by atoms with van der Waals surface area (Å²) in [4.78, 5) is 21.4. The molecule has 0 aliphatic carbocycles. The van der Waals surface area contributed by atoms with Gasteiger partial charge in [-0.1, -0.05) is 0 Å². The largest absolute Gasteiger partial charge is 0.305 e. The molecule has 3 aromatic heterocycles. The molecule has 0 spiro atoms. The van der Waals surface area contributed by atoms with Crippen molar-refractivity contribution in [2.45, 2.75) is 20.0 Å². The van der Waals surface area contributed by atoms with Crippen LogP contribution >= 0.6 is 11.3 Å². The Morgan fingerprint density at radius 1 is 1.00 bits per heavy atom. The van der Waals surface area contributed by atoms with Crippen LogP contribution in [0.4, 0.5) is 0 Å². The number of hydrogen-bond donors (Lipinski definition) is 1.